The highest BCUT2D eigenvalue weighted by Crippen LogP contribution is 2.28. The second kappa shape index (κ2) is 9.01. The first-order chi connectivity index (χ1) is 14.8. The average Bonchev–Trinajstić information content (AvgIpc) is 3.37. The van der Waals surface area contributed by atoms with Gasteiger partial charge >= 0.3 is 0 Å². The van der Waals surface area contributed by atoms with Crippen molar-refractivity contribution in [2.45, 2.75) is 41.5 Å². The van der Waals surface area contributed by atoms with E-state index in [9.17, 15) is 21.2 Å². The Hall–Kier alpha value is -1.75. The maximum absolute atomic E-state index is 13.3. The largest absolute Gasteiger partial charge is 0.468 e. The summed E-state index contributed by atoms with van der Waals surface area (Å²) >= 11 is 0. The maximum atomic E-state index is 13.3. The smallest absolute Gasteiger partial charge is 0.183 e. The molecule has 0 amide bonds. The Morgan fingerprint density at radius 3 is 2.45 bits per heavy atom. The quantitative estimate of drug-likeness (QED) is 0.620. The van der Waals surface area contributed by atoms with Crippen molar-refractivity contribution in [2.75, 3.05) is 31.1 Å². The first-order valence-corrected chi connectivity index (χ1v) is 13.8. The lowest BCUT2D eigenvalue weighted by Crippen LogP contribution is -2.47. The topological polar surface area (TPSA) is 96.7 Å². The highest BCUT2D eigenvalue weighted by Gasteiger charge is 2.46. The standard InChI is InChI=1S/C21H27FN2O5S2/c22-16-6-8-17(9-7-16)31(27,28)21-15-30(25,26)14-18(21)23-13-19(20-5-4-12-29-20)24-10-2-1-3-11-24/h4-9,12,18-19,21,23H,1-3,10-11,13-15H2/t18-,19?,21-/m0/s1. The number of furan rings is 1. The molecule has 0 bridgehead atoms. The van der Waals surface area contributed by atoms with E-state index in [0.717, 1.165) is 43.8 Å². The summed E-state index contributed by atoms with van der Waals surface area (Å²) in [5.41, 5.74) is 0. The molecule has 10 heteroatoms. The third-order valence-electron chi connectivity index (χ3n) is 6.12. The van der Waals surface area contributed by atoms with Crippen LogP contribution in [0.4, 0.5) is 4.39 Å². The number of piperidine rings is 1. The molecule has 2 aromatic rings. The minimum absolute atomic E-state index is 0.0681. The van der Waals surface area contributed by atoms with Crippen molar-refractivity contribution in [1.82, 2.24) is 10.2 Å². The average molecular weight is 471 g/mol. The molecule has 2 aliphatic rings. The predicted molar refractivity (Wildman–Crippen MR) is 115 cm³/mol. The molecule has 2 saturated heterocycles. The van der Waals surface area contributed by atoms with Gasteiger partial charge in [-0.25, -0.2) is 21.2 Å². The first kappa shape index (κ1) is 22.4. The number of hydrogen-bond acceptors (Lipinski definition) is 7. The van der Waals surface area contributed by atoms with E-state index >= 15 is 0 Å². The number of nitrogens with one attached hydrogen (secondary N) is 1. The molecule has 1 N–H and O–H groups in total. The summed E-state index contributed by atoms with van der Waals surface area (Å²) in [6, 6.07) is 7.37. The molecule has 0 spiro atoms. The molecular formula is C21H27FN2O5S2. The van der Waals surface area contributed by atoms with Gasteiger partial charge in [-0.05, 0) is 62.3 Å². The van der Waals surface area contributed by atoms with E-state index in [1.807, 2.05) is 12.1 Å². The molecular weight excluding hydrogens is 443 g/mol. The molecule has 0 radical (unpaired) electrons. The molecule has 1 unspecified atom stereocenters. The second-order valence-corrected chi connectivity index (χ2v) is 12.6. The summed E-state index contributed by atoms with van der Waals surface area (Å²) < 4.78 is 69.9. The molecule has 31 heavy (non-hydrogen) atoms. The Morgan fingerprint density at radius 2 is 1.81 bits per heavy atom. The molecule has 1 aromatic heterocycles. The van der Waals surface area contributed by atoms with Gasteiger partial charge in [0.1, 0.15) is 11.6 Å². The highest BCUT2D eigenvalue weighted by atomic mass is 32.2. The normalized spacial score (nSPS) is 25.5. The van der Waals surface area contributed by atoms with Crippen LogP contribution in [0.1, 0.15) is 31.1 Å². The molecule has 4 rings (SSSR count). The van der Waals surface area contributed by atoms with Crippen LogP contribution < -0.4 is 5.32 Å². The van der Waals surface area contributed by atoms with Gasteiger partial charge < -0.3 is 9.73 Å². The monoisotopic (exact) mass is 470 g/mol. The molecule has 3 atom stereocenters. The second-order valence-electron chi connectivity index (χ2n) is 8.26. The van der Waals surface area contributed by atoms with Gasteiger partial charge in [0, 0.05) is 12.6 Å². The van der Waals surface area contributed by atoms with Gasteiger partial charge in [0.15, 0.2) is 19.7 Å². The fraction of sp³-hybridized carbons (Fsp3) is 0.524. The van der Waals surface area contributed by atoms with Crippen LogP contribution in [-0.4, -0.2) is 64.2 Å². The van der Waals surface area contributed by atoms with Crippen LogP contribution in [0.15, 0.2) is 52.0 Å². The third kappa shape index (κ3) is 5.02. The zero-order chi connectivity index (χ0) is 22.1. The minimum atomic E-state index is -3.95. The van der Waals surface area contributed by atoms with Crippen LogP contribution >= 0.6 is 0 Å². The summed E-state index contributed by atoms with van der Waals surface area (Å²) in [4.78, 5) is 2.23. The van der Waals surface area contributed by atoms with E-state index in [1.165, 1.54) is 18.6 Å². The van der Waals surface area contributed by atoms with Crippen molar-refractivity contribution in [3.05, 3.63) is 54.2 Å². The molecule has 2 aliphatic heterocycles. The van der Waals surface area contributed by atoms with Crippen molar-refractivity contribution >= 4 is 19.7 Å². The van der Waals surface area contributed by atoms with Gasteiger partial charge in [-0.2, -0.15) is 0 Å². The number of sulfone groups is 2. The van der Waals surface area contributed by atoms with Crippen molar-refractivity contribution in [3.63, 3.8) is 0 Å². The molecule has 3 heterocycles. The summed E-state index contributed by atoms with van der Waals surface area (Å²) in [6.45, 7) is 2.20. The summed E-state index contributed by atoms with van der Waals surface area (Å²) in [6.07, 6.45) is 4.94. The summed E-state index contributed by atoms with van der Waals surface area (Å²) in [5.74, 6) is -0.466. The minimum Gasteiger partial charge on any atom is -0.468 e. The highest BCUT2D eigenvalue weighted by molar-refractivity contribution is 7.96. The van der Waals surface area contributed by atoms with Crippen molar-refractivity contribution < 1.29 is 25.6 Å². The number of hydrogen-bond donors (Lipinski definition) is 1. The third-order valence-corrected chi connectivity index (χ3v) is 10.3. The van der Waals surface area contributed by atoms with Crippen molar-refractivity contribution in [2.24, 2.45) is 0 Å². The van der Waals surface area contributed by atoms with E-state index in [1.54, 1.807) is 6.26 Å². The fourth-order valence-electron chi connectivity index (χ4n) is 4.49. The molecule has 2 fully saturated rings. The number of likely N-dealkylation sites (tertiary alicyclic amines) is 1. The Labute approximate surface area is 182 Å². The molecule has 0 aliphatic carbocycles. The Kier molecular flexibility index (Phi) is 6.52. The van der Waals surface area contributed by atoms with E-state index in [0.29, 0.717) is 6.54 Å². The zero-order valence-corrected chi connectivity index (χ0v) is 18.7. The van der Waals surface area contributed by atoms with Crippen LogP contribution in [0.5, 0.6) is 0 Å². The molecule has 7 nitrogen and oxygen atoms in total. The Balaban J connectivity index is 1.55. The number of rotatable bonds is 7. The molecule has 0 saturated carbocycles. The van der Waals surface area contributed by atoms with Crippen LogP contribution in [0, 0.1) is 5.82 Å². The Bertz CT molecular complexity index is 1080. The van der Waals surface area contributed by atoms with Crippen LogP contribution in [0.25, 0.3) is 0 Å². The van der Waals surface area contributed by atoms with Crippen LogP contribution in [-0.2, 0) is 19.7 Å². The van der Waals surface area contributed by atoms with Gasteiger partial charge in [-0.1, -0.05) is 6.42 Å². The van der Waals surface area contributed by atoms with E-state index < -0.39 is 42.5 Å². The van der Waals surface area contributed by atoms with Gasteiger partial charge in [0.05, 0.1) is 34.0 Å². The lowest BCUT2D eigenvalue weighted by molar-refractivity contribution is 0.141. The van der Waals surface area contributed by atoms with Gasteiger partial charge in [0.2, 0.25) is 0 Å². The summed E-state index contributed by atoms with van der Waals surface area (Å²) in [7, 11) is -7.47. The number of benzene rings is 1. The predicted octanol–water partition coefficient (Wildman–Crippen LogP) is 2.17. The lowest BCUT2D eigenvalue weighted by atomic mass is 10.1. The van der Waals surface area contributed by atoms with Crippen LogP contribution in [0.3, 0.4) is 0 Å². The van der Waals surface area contributed by atoms with E-state index in [2.05, 4.69) is 10.2 Å². The maximum Gasteiger partial charge on any atom is 0.183 e. The molecule has 1 aromatic carbocycles. The lowest BCUT2D eigenvalue weighted by Gasteiger charge is -2.34. The van der Waals surface area contributed by atoms with Gasteiger partial charge in [-0.3, -0.25) is 4.90 Å². The number of halogens is 1. The van der Waals surface area contributed by atoms with Crippen LogP contribution in [0.2, 0.25) is 0 Å². The number of nitrogens with zero attached hydrogens (tertiary/aromatic N) is 1. The van der Waals surface area contributed by atoms with Gasteiger partial charge in [0.25, 0.3) is 0 Å². The SMILES string of the molecule is O=S1(=O)C[C@H](NCC(c2ccco2)N2CCCCC2)[C@@H](S(=O)(=O)c2ccc(F)cc2)C1. The zero-order valence-electron chi connectivity index (χ0n) is 17.1. The van der Waals surface area contributed by atoms with Crippen molar-refractivity contribution in [3.8, 4) is 0 Å². The molecule has 170 valence electrons. The van der Waals surface area contributed by atoms with Crippen molar-refractivity contribution in [1.29, 1.82) is 0 Å². The summed E-state index contributed by atoms with van der Waals surface area (Å²) in [5, 5.41) is 2.10. The Morgan fingerprint density at radius 1 is 1.10 bits per heavy atom. The van der Waals surface area contributed by atoms with Gasteiger partial charge in [-0.15, -0.1) is 0 Å². The fourth-order valence-corrected chi connectivity index (χ4v) is 9.21. The van der Waals surface area contributed by atoms with E-state index in [4.69, 9.17) is 4.42 Å². The van der Waals surface area contributed by atoms with E-state index in [-0.39, 0.29) is 16.7 Å². The first-order valence-electron chi connectivity index (χ1n) is 10.5.